The Balaban J connectivity index is 1.19. The lowest BCUT2D eigenvalue weighted by molar-refractivity contribution is 0.182. The van der Waals surface area contributed by atoms with Crippen LogP contribution < -0.4 is 10.6 Å². The maximum absolute atomic E-state index is 13.2. The molecule has 3 saturated heterocycles. The standard InChI is InChI=1S/C21H25N9O2S2/c1-12-6-18(28-27-12)24-19-17-4-5-33-20(17)26-21(25-19)23-14-7-15-2-3-16(8-14)30(15)34(31,32)29-10-13(9-22)11-29/h4-6,13-16H,2-3,7-8,10-11H2,1H3,(H3,23,24,25,26,27,28)/t14-,15-,16?/m0/s1. The van der Waals surface area contributed by atoms with Crippen LogP contribution in [0, 0.1) is 24.2 Å². The van der Waals surface area contributed by atoms with Gasteiger partial charge in [-0.25, -0.2) is 4.98 Å². The van der Waals surface area contributed by atoms with Gasteiger partial charge in [-0.1, -0.05) is 0 Å². The van der Waals surface area contributed by atoms with Crippen LogP contribution in [0.2, 0.25) is 0 Å². The lowest BCUT2D eigenvalue weighted by Gasteiger charge is -2.43. The number of nitrogens with one attached hydrogen (secondary N) is 3. The molecule has 6 heterocycles. The van der Waals surface area contributed by atoms with Gasteiger partial charge in [-0.15, -0.1) is 11.3 Å². The molecule has 6 rings (SSSR count). The van der Waals surface area contributed by atoms with E-state index in [-0.39, 0.29) is 24.0 Å². The molecule has 0 aliphatic carbocycles. The van der Waals surface area contributed by atoms with Crippen LogP contribution in [-0.4, -0.2) is 68.4 Å². The van der Waals surface area contributed by atoms with E-state index in [4.69, 9.17) is 15.2 Å². The summed E-state index contributed by atoms with van der Waals surface area (Å²) in [5.41, 5.74) is 0.954. The molecule has 0 aromatic carbocycles. The third-order valence-electron chi connectivity index (χ3n) is 6.90. The number of anilines is 3. The molecular formula is C21H25N9O2S2. The van der Waals surface area contributed by atoms with E-state index < -0.39 is 10.2 Å². The summed E-state index contributed by atoms with van der Waals surface area (Å²) < 4.78 is 29.5. The lowest BCUT2D eigenvalue weighted by atomic mass is 10.00. The molecule has 13 heteroatoms. The molecular weight excluding hydrogens is 474 g/mol. The van der Waals surface area contributed by atoms with Crippen molar-refractivity contribution < 1.29 is 8.42 Å². The Bertz CT molecular complexity index is 1360. The van der Waals surface area contributed by atoms with Crippen LogP contribution in [0.1, 0.15) is 31.4 Å². The van der Waals surface area contributed by atoms with E-state index in [1.807, 2.05) is 24.4 Å². The lowest BCUT2D eigenvalue weighted by Crippen LogP contribution is -2.59. The number of piperidine rings is 1. The van der Waals surface area contributed by atoms with Crippen molar-refractivity contribution in [3.8, 4) is 6.07 Å². The van der Waals surface area contributed by atoms with Gasteiger partial charge < -0.3 is 10.6 Å². The van der Waals surface area contributed by atoms with Gasteiger partial charge in [0, 0.05) is 43.0 Å². The van der Waals surface area contributed by atoms with E-state index in [0.29, 0.717) is 43.5 Å². The predicted octanol–water partition coefficient (Wildman–Crippen LogP) is 2.57. The minimum Gasteiger partial charge on any atom is -0.351 e. The SMILES string of the molecule is Cc1cc(Nc2nc(N[C@@H]3CC4CC[C@@H](C3)N4S(=O)(=O)N3CC(C#N)C3)nc3sccc23)n[nH]1. The summed E-state index contributed by atoms with van der Waals surface area (Å²) in [6.45, 7) is 2.54. The zero-order valence-electron chi connectivity index (χ0n) is 18.6. The smallest absolute Gasteiger partial charge is 0.282 e. The molecule has 0 spiro atoms. The zero-order chi connectivity index (χ0) is 23.4. The van der Waals surface area contributed by atoms with Crippen LogP contribution in [0.15, 0.2) is 17.5 Å². The van der Waals surface area contributed by atoms with Crippen molar-refractivity contribution in [3.05, 3.63) is 23.2 Å². The summed E-state index contributed by atoms with van der Waals surface area (Å²) in [5.74, 6) is 1.72. The number of hydrogen-bond acceptors (Lipinski definition) is 9. The van der Waals surface area contributed by atoms with E-state index in [9.17, 15) is 8.42 Å². The summed E-state index contributed by atoms with van der Waals surface area (Å²) in [6, 6.07) is 6.05. The number of H-pyrrole nitrogens is 1. The van der Waals surface area contributed by atoms with Crippen LogP contribution in [0.4, 0.5) is 17.6 Å². The average molecular weight is 500 g/mol. The number of aryl methyl sites for hydroxylation is 1. The highest BCUT2D eigenvalue weighted by Crippen LogP contribution is 2.41. The fraction of sp³-hybridized carbons (Fsp3) is 0.524. The van der Waals surface area contributed by atoms with E-state index >= 15 is 0 Å². The number of rotatable bonds is 6. The van der Waals surface area contributed by atoms with Crippen molar-refractivity contribution in [2.75, 3.05) is 23.7 Å². The summed E-state index contributed by atoms with van der Waals surface area (Å²) in [7, 11) is -3.52. The van der Waals surface area contributed by atoms with Crippen molar-refractivity contribution in [1.82, 2.24) is 28.8 Å². The fourth-order valence-electron chi connectivity index (χ4n) is 5.27. The van der Waals surface area contributed by atoms with E-state index in [0.717, 1.165) is 28.8 Å². The van der Waals surface area contributed by atoms with Crippen LogP contribution in [0.5, 0.6) is 0 Å². The number of aromatic amines is 1. The molecule has 3 N–H and O–H groups in total. The number of nitriles is 1. The summed E-state index contributed by atoms with van der Waals surface area (Å²) >= 11 is 1.55. The van der Waals surface area contributed by atoms with Gasteiger partial charge in [-0.05, 0) is 44.1 Å². The zero-order valence-corrected chi connectivity index (χ0v) is 20.2. The van der Waals surface area contributed by atoms with Gasteiger partial charge in [0.25, 0.3) is 10.2 Å². The monoisotopic (exact) mass is 499 g/mol. The Labute approximate surface area is 201 Å². The van der Waals surface area contributed by atoms with E-state index in [1.54, 1.807) is 15.6 Å². The Hall–Kier alpha value is -2.79. The first-order valence-corrected chi connectivity index (χ1v) is 13.7. The van der Waals surface area contributed by atoms with Crippen molar-refractivity contribution in [1.29, 1.82) is 5.26 Å². The largest absolute Gasteiger partial charge is 0.351 e. The molecule has 1 unspecified atom stereocenters. The van der Waals surface area contributed by atoms with E-state index in [1.165, 1.54) is 4.31 Å². The Morgan fingerprint density at radius 2 is 2.00 bits per heavy atom. The van der Waals surface area contributed by atoms with Crippen LogP contribution in [0.3, 0.4) is 0 Å². The molecule has 2 bridgehead atoms. The second kappa shape index (κ2) is 8.16. The molecule has 11 nitrogen and oxygen atoms in total. The van der Waals surface area contributed by atoms with Crippen molar-refractivity contribution >= 4 is 49.3 Å². The molecule has 34 heavy (non-hydrogen) atoms. The fourth-order valence-corrected chi connectivity index (χ4v) is 8.17. The third-order valence-corrected chi connectivity index (χ3v) is 9.79. The highest BCUT2D eigenvalue weighted by atomic mass is 32.2. The number of fused-ring (bicyclic) bond motifs is 3. The maximum Gasteiger partial charge on any atom is 0.282 e. The number of hydrogen-bond donors (Lipinski definition) is 3. The molecule has 3 aliphatic rings. The third kappa shape index (κ3) is 3.70. The van der Waals surface area contributed by atoms with Gasteiger partial charge >= 0.3 is 0 Å². The first kappa shape index (κ1) is 21.7. The molecule has 0 amide bonds. The minimum atomic E-state index is -3.52. The Morgan fingerprint density at radius 3 is 2.68 bits per heavy atom. The number of thiophene rings is 1. The van der Waals surface area contributed by atoms with Gasteiger partial charge in [-0.2, -0.15) is 32.4 Å². The molecule has 3 fully saturated rings. The van der Waals surface area contributed by atoms with Crippen LogP contribution in [0.25, 0.3) is 10.2 Å². The summed E-state index contributed by atoms with van der Waals surface area (Å²) in [6.07, 6.45) is 3.12. The van der Waals surface area contributed by atoms with Crippen molar-refractivity contribution in [2.45, 2.75) is 50.7 Å². The average Bonchev–Trinajstić information content (AvgIpc) is 3.46. The van der Waals surface area contributed by atoms with Gasteiger partial charge in [0.05, 0.1) is 17.4 Å². The second-order valence-corrected chi connectivity index (χ2v) is 12.0. The first-order chi connectivity index (χ1) is 16.4. The van der Waals surface area contributed by atoms with Crippen LogP contribution in [-0.2, 0) is 10.2 Å². The minimum absolute atomic E-state index is 0.0440. The van der Waals surface area contributed by atoms with Crippen LogP contribution >= 0.6 is 11.3 Å². The van der Waals surface area contributed by atoms with Crippen molar-refractivity contribution in [3.63, 3.8) is 0 Å². The topological polar surface area (TPSA) is 143 Å². The summed E-state index contributed by atoms with van der Waals surface area (Å²) in [4.78, 5) is 10.3. The van der Waals surface area contributed by atoms with Gasteiger partial charge in [0.1, 0.15) is 10.6 Å². The molecule has 178 valence electrons. The predicted molar refractivity (Wildman–Crippen MR) is 129 cm³/mol. The molecule has 0 radical (unpaired) electrons. The van der Waals surface area contributed by atoms with Crippen molar-refractivity contribution in [2.24, 2.45) is 5.92 Å². The highest BCUT2D eigenvalue weighted by molar-refractivity contribution is 7.86. The number of nitrogens with zero attached hydrogens (tertiary/aromatic N) is 6. The van der Waals surface area contributed by atoms with E-state index in [2.05, 4.69) is 26.9 Å². The molecule has 3 aromatic rings. The first-order valence-electron chi connectivity index (χ1n) is 11.4. The molecule has 3 aliphatic heterocycles. The summed E-state index contributed by atoms with van der Waals surface area (Å²) in [5, 5.41) is 25.9. The Morgan fingerprint density at radius 1 is 1.24 bits per heavy atom. The normalized spacial score (nSPS) is 25.8. The molecule has 3 atom stereocenters. The van der Waals surface area contributed by atoms with Gasteiger partial charge in [0.2, 0.25) is 5.95 Å². The second-order valence-electron chi connectivity index (χ2n) is 9.27. The molecule has 0 saturated carbocycles. The van der Waals surface area contributed by atoms with Gasteiger partial charge in [0.15, 0.2) is 5.82 Å². The quantitative estimate of drug-likeness (QED) is 0.470. The van der Waals surface area contributed by atoms with Gasteiger partial charge in [-0.3, -0.25) is 5.10 Å². The number of aromatic nitrogens is 4. The highest BCUT2D eigenvalue weighted by Gasteiger charge is 2.51. The molecule has 3 aromatic heterocycles. The Kier molecular flexibility index (Phi) is 5.21. The maximum atomic E-state index is 13.2.